The molecule has 1 fully saturated rings. The lowest BCUT2D eigenvalue weighted by atomic mass is 10.2. The van der Waals surface area contributed by atoms with E-state index in [0.717, 1.165) is 64.6 Å². The maximum Gasteiger partial charge on any atom is 0.119 e. The molecule has 1 aliphatic rings. The van der Waals surface area contributed by atoms with Crippen molar-refractivity contribution in [1.82, 2.24) is 15.1 Å². The Kier molecular flexibility index (Phi) is 8.43. The maximum atomic E-state index is 5.86. The van der Waals surface area contributed by atoms with E-state index in [1.54, 1.807) is 0 Å². The fourth-order valence-electron chi connectivity index (χ4n) is 3.03. The van der Waals surface area contributed by atoms with E-state index >= 15 is 0 Å². The standard InChI is InChI=1S/C19H33N3O/c1-3-21(4-2)14-6-16-23-19-9-7-18(8-10-19)17-22-13-5-11-20-12-15-22/h7-10,20H,3-6,11-17H2,1-2H3. The van der Waals surface area contributed by atoms with Crippen molar-refractivity contribution in [3.8, 4) is 5.75 Å². The molecule has 1 aliphatic heterocycles. The summed E-state index contributed by atoms with van der Waals surface area (Å²) in [6.07, 6.45) is 2.33. The predicted molar refractivity (Wildman–Crippen MR) is 97.1 cm³/mol. The average Bonchev–Trinajstić information content (AvgIpc) is 2.85. The van der Waals surface area contributed by atoms with Crippen LogP contribution in [0, 0.1) is 0 Å². The zero-order chi connectivity index (χ0) is 16.3. The third-order valence-corrected chi connectivity index (χ3v) is 4.54. The Morgan fingerprint density at radius 3 is 2.61 bits per heavy atom. The van der Waals surface area contributed by atoms with Crippen molar-refractivity contribution in [3.63, 3.8) is 0 Å². The molecule has 1 heterocycles. The highest BCUT2D eigenvalue weighted by Gasteiger charge is 2.09. The van der Waals surface area contributed by atoms with E-state index in [-0.39, 0.29) is 0 Å². The molecule has 1 aromatic rings. The van der Waals surface area contributed by atoms with Crippen LogP contribution in [0.2, 0.25) is 0 Å². The first-order valence-electron chi connectivity index (χ1n) is 9.19. The second-order valence-electron chi connectivity index (χ2n) is 6.25. The summed E-state index contributed by atoms with van der Waals surface area (Å²) < 4.78 is 5.86. The Labute approximate surface area is 141 Å². The molecule has 23 heavy (non-hydrogen) atoms. The summed E-state index contributed by atoms with van der Waals surface area (Å²) >= 11 is 0. The fraction of sp³-hybridized carbons (Fsp3) is 0.684. The van der Waals surface area contributed by atoms with Crippen LogP contribution in [-0.2, 0) is 6.54 Å². The zero-order valence-corrected chi connectivity index (χ0v) is 14.9. The average molecular weight is 319 g/mol. The summed E-state index contributed by atoms with van der Waals surface area (Å²) in [5, 5.41) is 3.45. The quantitative estimate of drug-likeness (QED) is 0.708. The van der Waals surface area contributed by atoms with Gasteiger partial charge in [0.15, 0.2) is 0 Å². The largest absolute Gasteiger partial charge is 0.494 e. The van der Waals surface area contributed by atoms with Gasteiger partial charge in [0.2, 0.25) is 0 Å². The van der Waals surface area contributed by atoms with Gasteiger partial charge in [-0.1, -0.05) is 26.0 Å². The van der Waals surface area contributed by atoms with Gasteiger partial charge < -0.3 is 15.0 Å². The molecule has 0 bridgehead atoms. The maximum absolute atomic E-state index is 5.86. The van der Waals surface area contributed by atoms with Crippen molar-refractivity contribution in [3.05, 3.63) is 29.8 Å². The molecule has 1 N–H and O–H groups in total. The molecule has 4 heteroatoms. The summed E-state index contributed by atoms with van der Waals surface area (Å²) in [5.41, 5.74) is 1.38. The van der Waals surface area contributed by atoms with Crippen LogP contribution in [0.15, 0.2) is 24.3 Å². The monoisotopic (exact) mass is 319 g/mol. The van der Waals surface area contributed by atoms with Gasteiger partial charge in [-0.15, -0.1) is 0 Å². The molecule has 130 valence electrons. The van der Waals surface area contributed by atoms with Crippen LogP contribution in [-0.4, -0.2) is 62.2 Å². The van der Waals surface area contributed by atoms with Gasteiger partial charge in [-0.2, -0.15) is 0 Å². The molecule has 4 nitrogen and oxygen atoms in total. The molecular formula is C19H33N3O. The number of rotatable bonds is 9. The number of benzene rings is 1. The second kappa shape index (κ2) is 10.6. The van der Waals surface area contributed by atoms with Gasteiger partial charge in [0, 0.05) is 26.2 Å². The Bertz CT molecular complexity index is 409. The van der Waals surface area contributed by atoms with E-state index < -0.39 is 0 Å². The highest BCUT2D eigenvalue weighted by atomic mass is 16.5. The van der Waals surface area contributed by atoms with Gasteiger partial charge in [0.1, 0.15) is 5.75 Å². The lowest BCUT2D eigenvalue weighted by Gasteiger charge is -2.19. The van der Waals surface area contributed by atoms with Crippen LogP contribution in [0.25, 0.3) is 0 Å². The molecule has 0 spiro atoms. The molecule has 2 rings (SSSR count). The van der Waals surface area contributed by atoms with Crippen molar-refractivity contribution >= 4 is 0 Å². The van der Waals surface area contributed by atoms with Crippen molar-refractivity contribution in [1.29, 1.82) is 0 Å². The molecule has 1 saturated heterocycles. The summed E-state index contributed by atoms with van der Waals surface area (Å²) in [6, 6.07) is 8.64. The summed E-state index contributed by atoms with van der Waals surface area (Å²) in [7, 11) is 0. The SMILES string of the molecule is CCN(CC)CCCOc1ccc(CN2CCCNCC2)cc1. The summed E-state index contributed by atoms with van der Waals surface area (Å²) in [4.78, 5) is 4.96. The van der Waals surface area contributed by atoms with E-state index in [2.05, 4.69) is 53.2 Å². The van der Waals surface area contributed by atoms with E-state index in [4.69, 9.17) is 4.74 Å². The second-order valence-corrected chi connectivity index (χ2v) is 6.25. The van der Waals surface area contributed by atoms with Crippen LogP contribution >= 0.6 is 0 Å². The van der Waals surface area contributed by atoms with E-state index in [1.165, 1.54) is 18.5 Å². The first-order valence-corrected chi connectivity index (χ1v) is 9.19. The van der Waals surface area contributed by atoms with Crippen molar-refractivity contribution < 1.29 is 4.74 Å². The van der Waals surface area contributed by atoms with E-state index in [9.17, 15) is 0 Å². The summed E-state index contributed by atoms with van der Waals surface area (Å²) in [6.45, 7) is 14.2. The van der Waals surface area contributed by atoms with Crippen LogP contribution in [0.4, 0.5) is 0 Å². The number of ether oxygens (including phenoxy) is 1. The third kappa shape index (κ3) is 6.90. The first kappa shape index (κ1) is 18.2. The number of nitrogens with one attached hydrogen (secondary N) is 1. The third-order valence-electron chi connectivity index (χ3n) is 4.54. The van der Waals surface area contributed by atoms with Crippen molar-refractivity contribution in [2.75, 3.05) is 52.4 Å². The molecule has 0 saturated carbocycles. The van der Waals surface area contributed by atoms with Crippen LogP contribution < -0.4 is 10.1 Å². The molecule has 0 aromatic heterocycles. The molecule has 0 aliphatic carbocycles. The zero-order valence-electron chi connectivity index (χ0n) is 14.9. The lowest BCUT2D eigenvalue weighted by Crippen LogP contribution is -2.27. The lowest BCUT2D eigenvalue weighted by molar-refractivity contribution is 0.249. The van der Waals surface area contributed by atoms with Gasteiger partial charge in [-0.25, -0.2) is 0 Å². The number of nitrogens with zero attached hydrogens (tertiary/aromatic N) is 2. The molecule has 0 amide bonds. The van der Waals surface area contributed by atoms with Crippen molar-refractivity contribution in [2.24, 2.45) is 0 Å². The van der Waals surface area contributed by atoms with Gasteiger partial charge >= 0.3 is 0 Å². The topological polar surface area (TPSA) is 27.7 Å². The normalized spacial score (nSPS) is 16.5. The predicted octanol–water partition coefficient (Wildman–Crippen LogP) is 2.59. The van der Waals surface area contributed by atoms with E-state index in [0.29, 0.717) is 0 Å². The molecular weight excluding hydrogens is 286 g/mol. The number of hydrogen-bond acceptors (Lipinski definition) is 4. The molecule has 0 radical (unpaired) electrons. The Morgan fingerprint density at radius 2 is 1.87 bits per heavy atom. The Hall–Kier alpha value is -1.10. The Balaban J connectivity index is 1.69. The van der Waals surface area contributed by atoms with E-state index in [1.807, 2.05) is 0 Å². The van der Waals surface area contributed by atoms with Crippen LogP contribution in [0.5, 0.6) is 5.75 Å². The number of hydrogen-bond donors (Lipinski definition) is 1. The molecule has 0 atom stereocenters. The van der Waals surface area contributed by atoms with Crippen LogP contribution in [0.1, 0.15) is 32.3 Å². The minimum atomic E-state index is 0.799. The summed E-state index contributed by atoms with van der Waals surface area (Å²) in [5.74, 6) is 0.992. The smallest absolute Gasteiger partial charge is 0.119 e. The minimum Gasteiger partial charge on any atom is -0.494 e. The van der Waals surface area contributed by atoms with Gasteiger partial charge in [-0.05, 0) is 56.7 Å². The highest BCUT2D eigenvalue weighted by Crippen LogP contribution is 2.14. The van der Waals surface area contributed by atoms with Gasteiger partial charge in [0.25, 0.3) is 0 Å². The van der Waals surface area contributed by atoms with Crippen molar-refractivity contribution in [2.45, 2.75) is 33.2 Å². The van der Waals surface area contributed by atoms with Gasteiger partial charge in [-0.3, -0.25) is 4.90 Å². The highest BCUT2D eigenvalue weighted by molar-refractivity contribution is 5.27. The molecule has 1 aromatic carbocycles. The first-order chi connectivity index (χ1) is 11.3. The van der Waals surface area contributed by atoms with Gasteiger partial charge in [0.05, 0.1) is 6.61 Å². The Morgan fingerprint density at radius 1 is 1.09 bits per heavy atom. The minimum absolute atomic E-state index is 0.799. The molecule has 0 unspecified atom stereocenters. The fourth-order valence-corrected chi connectivity index (χ4v) is 3.03. The van der Waals surface area contributed by atoms with Crippen LogP contribution in [0.3, 0.4) is 0 Å².